The molecule has 5 heavy (non-hydrogen) atoms. The highest BCUT2D eigenvalue weighted by molar-refractivity contribution is 7.97. The van der Waals surface area contributed by atoms with Gasteiger partial charge in [0.15, 0.2) is 0 Å². The molecule has 0 aliphatic carbocycles. The molecule has 3 heteroatoms. The number of nitrogens with two attached hydrogens (primary N) is 1. The van der Waals surface area contributed by atoms with Crippen molar-refractivity contribution in [3.05, 3.63) is 0 Å². The number of rotatable bonds is 2. The van der Waals surface area contributed by atoms with Crippen molar-refractivity contribution in [3.63, 3.8) is 0 Å². The van der Waals surface area contributed by atoms with E-state index < -0.39 is 0 Å². The van der Waals surface area contributed by atoms with E-state index in [0.29, 0.717) is 5.75 Å². The van der Waals surface area contributed by atoms with Crippen LogP contribution in [0.3, 0.4) is 0 Å². The smallest absolute Gasteiger partial charge is 0.131 e. The molecule has 0 spiro atoms. The molecular formula is C2H5NOS. The van der Waals surface area contributed by atoms with Crippen LogP contribution in [0.5, 0.6) is 0 Å². The summed E-state index contributed by atoms with van der Waals surface area (Å²) >= 11 is 1.03. The zero-order chi connectivity index (χ0) is 4.12. The molecule has 0 radical (unpaired) electrons. The molecule has 0 saturated carbocycles. The van der Waals surface area contributed by atoms with Crippen LogP contribution in [-0.2, 0) is 4.79 Å². The Morgan fingerprint density at radius 1 is 2.00 bits per heavy atom. The highest BCUT2D eigenvalue weighted by atomic mass is 32.2. The molecule has 0 unspecified atom stereocenters. The van der Waals surface area contributed by atoms with Gasteiger partial charge in [-0.05, 0) is 0 Å². The van der Waals surface area contributed by atoms with Crippen LogP contribution < -0.4 is 5.14 Å². The Morgan fingerprint density at radius 3 is 2.60 bits per heavy atom. The average Bonchev–Trinajstić information content (AvgIpc) is 1.41. The van der Waals surface area contributed by atoms with E-state index in [9.17, 15) is 4.79 Å². The van der Waals surface area contributed by atoms with Crippen LogP contribution in [-0.4, -0.2) is 12.0 Å². The minimum Gasteiger partial charge on any atom is -0.302 e. The maximum atomic E-state index is 9.30. The summed E-state index contributed by atoms with van der Waals surface area (Å²) in [6.45, 7) is 0. The molecule has 0 bridgehead atoms. The predicted octanol–water partition coefficient (Wildman–Crippen LogP) is -0.208. The molecule has 2 nitrogen and oxygen atoms in total. The lowest BCUT2D eigenvalue weighted by Gasteiger charge is -1.70. The Balaban J connectivity index is 2.40. The van der Waals surface area contributed by atoms with Gasteiger partial charge in [-0.2, -0.15) is 0 Å². The van der Waals surface area contributed by atoms with Gasteiger partial charge in [-0.1, -0.05) is 11.9 Å². The topological polar surface area (TPSA) is 43.1 Å². The molecule has 0 rings (SSSR count). The first-order chi connectivity index (χ1) is 2.41. The second-order valence-electron chi connectivity index (χ2n) is 0.500. The first-order valence-electron chi connectivity index (χ1n) is 1.17. The summed E-state index contributed by atoms with van der Waals surface area (Å²) < 4.78 is 0. The van der Waals surface area contributed by atoms with E-state index in [2.05, 4.69) is 0 Å². The van der Waals surface area contributed by atoms with Crippen molar-refractivity contribution in [2.75, 3.05) is 5.75 Å². The number of hydrogen-bond acceptors (Lipinski definition) is 3. The van der Waals surface area contributed by atoms with E-state index in [-0.39, 0.29) is 0 Å². The SMILES string of the molecule is NSCC=O. The lowest BCUT2D eigenvalue weighted by molar-refractivity contribution is -0.105. The van der Waals surface area contributed by atoms with Gasteiger partial charge in [0.1, 0.15) is 6.29 Å². The second-order valence-corrected chi connectivity index (χ2v) is 1.17. The van der Waals surface area contributed by atoms with Crippen LogP contribution in [0.15, 0.2) is 0 Å². The van der Waals surface area contributed by atoms with Gasteiger partial charge in [0.25, 0.3) is 0 Å². The largest absolute Gasteiger partial charge is 0.302 e. The summed E-state index contributed by atoms with van der Waals surface area (Å²) in [7, 11) is 0. The molecule has 0 atom stereocenters. The monoisotopic (exact) mass is 91.0 g/mol. The average molecular weight is 91.1 g/mol. The van der Waals surface area contributed by atoms with Gasteiger partial charge in [0.2, 0.25) is 0 Å². The lowest BCUT2D eigenvalue weighted by Crippen LogP contribution is -1.82. The van der Waals surface area contributed by atoms with Crippen molar-refractivity contribution in [2.45, 2.75) is 0 Å². The molecule has 0 fully saturated rings. The fourth-order valence-electron chi connectivity index (χ4n) is 0.0393. The fourth-order valence-corrected chi connectivity index (χ4v) is 0.118. The Bertz CT molecular complexity index is 30.8. The Morgan fingerprint density at radius 2 is 2.60 bits per heavy atom. The van der Waals surface area contributed by atoms with Gasteiger partial charge in [-0.3, -0.25) is 5.14 Å². The standard InChI is InChI=1S/C2H5NOS/c3-5-2-1-4/h1H,2-3H2. The summed E-state index contributed by atoms with van der Waals surface area (Å²) in [5, 5.41) is 4.82. The molecule has 0 amide bonds. The van der Waals surface area contributed by atoms with Crippen molar-refractivity contribution < 1.29 is 4.79 Å². The first kappa shape index (κ1) is 4.98. The van der Waals surface area contributed by atoms with Crippen molar-refractivity contribution in [1.29, 1.82) is 0 Å². The molecular weight excluding hydrogens is 86.1 g/mol. The van der Waals surface area contributed by atoms with Crippen LogP contribution in [0.2, 0.25) is 0 Å². The number of aldehydes is 1. The first-order valence-corrected chi connectivity index (χ1v) is 2.22. The van der Waals surface area contributed by atoms with Gasteiger partial charge in [0.05, 0.1) is 5.75 Å². The van der Waals surface area contributed by atoms with E-state index in [1.165, 1.54) is 0 Å². The molecule has 2 N–H and O–H groups in total. The number of carbonyl (C=O) groups is 1. The summed E-state index contributed by atoms with van der Waals surface area (Å²) in [6.07, 6.45) is 0.769. The second kappa shape index (κ2) is 3.98. The highest BCUT2D eigenvalue weighted by Crippen LogP contribution is 1.74. The lowest BCUT2D eigenvalue weighted by atomic mass is 10.9. The normalized spacial score (nSPS) is 7.40. The van der Waals surface area contributed by atoms with Gasteiger partial charge in [-0.25, -0.2) is 0 Å². The van der Waals surface area contributed by atoms with Crippen LogP contribution in [0.4, 0.5) is 0 Å². The summed E-state index contributed by atoms with van der Waals surface area (Å²) in [5.41, 5.74) is 0. The Kier molecular flexibility index (Phi) is 3.96. The van der Waals surface area contributed by atoms with Gasteiger partial charge < -0.3 is 4.79 Å². The third-order valence-electron chi connectivity index (χ3n) is 0.164. The van der Waals surface area contributed by atoms with Crippen molar-refractivity contribution in [3.8, 4) is 0 Å². The maximum Gasteiger partial charge on any atom is 0.131 e. The van der Waals surface area contributed by atoms with Gasteiger partial charge in [0, 0.05) is 0 Å². The third kappa shape index (κ3) is 3.98. The van der Waals surface area contributed by atoms with E-state index in [4.69, 9.17) is 5.14 Å². The quantitative estimate of drug-likeness (QED) is 0.378. The van der Waals surface area contributed by atoms with Crippen LogP contribution >= 0.6 is 11.9 Å². The molecule has 0 saturated heterocycles. The van der Waals surface area contributed by atoms with E-state index in [1.54, 1.807) is 0 Å². The van der Waals surface area contributed by atoms with Gasteiger partial charge >= 0.3 is 0 Å². The number of carbonyl (C=O) groups excluding carboxylic acids is 1. The Hall–Kier alpha value is -0.0200. The van der Waals surface area contributed by atoms with Crippen LogP contribution in [0, 0.1) is 0 Å². The van der Waals surface area contributed by atoms with E-state index in [1.807, 2.05) is 0 Å². The van der Waals surface area contributed by atoms with E-state index >= 15 is 0 Å². The maximum absolute atomic E-state index is 9.30. The summed E-state index contributed by atoms with van der Waals surface area (Å²) in [4.78, 5) is 9.30. The zero-order valence-corrected chi connectivity index (χ0v) is 3.49. The van der Waals surface area contributed by atoms with Crippen molar-refractivity contribution in [2.24, 2.45) is 5.14 Å². The van der Waals surface area contributed by atoms with Crippen molar-refractivity contribution in [1.82, 2.24) is 0 Å². The zero-order valence-electron chi connectivity index (χ0n) is 2.68. The number of hydrogen-bond donors (Lipinski definition) is 1. The molecule has 0 aliphatic heterocycles. The van der Waals surface area contributed by atoms with Crippen LogP contribution in [0.1, 0.15) is 0 Å². The summed E-state index contributed by atoms with van der Waals surface area (Å²) in [6, 6.07) is 0. The molecule has 0 heterocycles. The fraction of sp³-hybridized carbons (Fsp3) is 0.500. The Labute approximate surface area is 34.9 Å². The third-order valence-corrected chi connectivity index (χ3v) is 0.493. The van der Waals surface area contributed by atoms with Crippen molar-refractivity contribution >= 4 is 18.2 Å². The molecule has 0 aliphatic rings. The molecule has 0 aromatic rings. The van der Waals surface area contributed by atoms with Gasteiger partial charge in [-0.15, -0.1) is 0 Å². The minimum absolute atomic E-state index is 0.403. The minimum atomic E-state index is 0.403. The molecule has 0 aromatic carbocycles. The molecule has 0 aromatic heterocycles. The van der Waals surface area contributed by atoms with Crippen LogP contribution in [0.25, 0.3) is 0 Å². The van der Waals surface area contributed by atoms with E-state index in [0.717, 1.165) is 18.2 Å². The summed E-state index contributed by atoms with van der Waals surface area (Å²) in [5.74, 6) is 0.403. The highest BCUT2D eigenvalue weighted by Gasteiger charge is 1.66. The molecule has 30 valence electrons. The predicted molar refractivity (Wildman–Crippen MR) is 22.7 cm³/mol.